The van der Waals surface area contributed by atoms with Crippen LogP contribution in [-0.2, 0) is 19.1 Å². The Labute approximate surface area is 349 Å². The highest BCUT2D eigenvalue weighted by Gasteiger charge is 2.45. The number of esters is 2. The van der Waals surface area contributed by atoms with Crippen molar-refractivity contribution in [2.75, 3.05) is 32.8 Å². The third kappa shape index (κ3) is 26.8. The highest BCUT2D eigenvalue weighted by Crippen LogP contribution is 2.47. The smallest absolute Gasteiger partial charge is 0.312 e. The molecule has 0 atom stereocenters. The van der Waals surface area contributed by atoms with E-state index in [4.69, 9.17) is 9.47 Å². The first-order chi connectivity index (χ1) is 27.2. The van der Waals surface area contributed by atoms with Crippen LogP contribution >= 0.6 is 0 Å². The summed E-state index contributed by atoms with van der Waals surface area (Å²) in [4.78, 5) is 28.9. The third-order valence-electron chi connectivity index (χ3n) is 12.8. The molecule has 1 aliphatic carbocycles. The summed E-state index contributed by atoms with van der Waals surface area (Å²) in [6.07, 6.45) is 41.4. The van der Waals surface area contributed by atoms with Gasteiger partial charge in [-0.25, -0.2) is 0 Å². The van der Waals surface area contributed by atoms with Crippen molar-refractivity contribution in [3.63, 3.8) is 0 Å². The van der Waals surface area contributed by atoms with Gasteiger partial charge in [0.1, 0.15) is 6.10 Å². The molecule has 0 amide bonds. The molecule has 0 aromatic heterocycles. The number of aliphatic hydroxyl groups excluding tert-OH is 1. The summed E-state index contributed by atoms with van der Waals surface area (Å²) >= 11 is 0. The van der Waals surface area contributed by atoms with Gasteiger partial charge in [0.25, 0.3) is 0 Å². The lowest BCUT2D eigenvalue weighted by molar-refractivity contribution is -0.169. The number of nitrogens with zero attached hydrogens (tertiary/aromatic N) is 1. The van der Waals surface area contributed by atoms with Gasteiger partial charge in [0, 0.05) is 13.2 Å². The van der Waals surface area contributed by atoms with E-state index in [2.05, 4.69) is 25.7 Å². The first-order valence-corrected chi connectivity index (χ1v) is 25.0. The Morgan fingerprint density at radius 3 is 1.54 bits per heavy atom. The quantitative estimate of drug-likeness (QED) is 0.0490. The summed E-state index contributed by atoms with van der Waals surface area (Å²) < 4.78 is 12.0. The molecule has 6 heteroatoms. The van der Waals surface area contributed by atoms with E-state index in [1.54, 1.807) is 0 Å². The lowest BCUT2D eigenvalue weighted by Gasteiger charge is -2.40. The predicted octanol–water partition coefficient (Wildman–Crippen LogP) is 14.5. The van der Waals surface area contributed by atoms with Crippen molar-refractivity contribution in [2.45, 2.75) is 265 Å². The zero-order chi connectivity index (χ0) is 41.0. The van der Waals surface area contributed by atoms with Gasteiger partial charge in [-0.15, -0.1) is 0 Å². The fourth-order valence-electron chi connectivity index (χ4n) is 8.56. The number of carbonyl (C=O) groups excluding carboxylic acids is 2. The van der Waals surface area contributed by atoms with Gasteiger partial charge in [0.05, 0.1) is 17.4 Å². The van der Waals surface area contributed by atoms with E-state index in [0.717, 1.165) is 110 Å². The zero-order valence-corrected chi connectivity index (χ0v) is 38.4. The van der Waals surface area contributed by atoms with Crippen molar-refractivity contribution in [2.24, 2.45) is 10.8 Å². The highest BCUT2D eigenvalue weighted by molar-refractivity contribution is 5.78. The Balaban J connectivity index is 2.34. The number of aliphatic hydroxyl groups is 1. The van der Waals surface area contributed by atoms with E-state index in [9.17, 15) is 14.7 Å². The van der Waals surface area contributed by atoms with Gasteiger partial charge in [-0.2, -0.15) is 0 Å². The van der Waals surface area contributed by atoms with Gasteiger partial charge >= 0.3 is 11.9 Å². The zero-order valence-electron chi connectivity index (χ0n) is 38.4. The fourth-order valence-corrected chi connectivity index (χ4v) is 8.56. The lowest BCUT2D eigenvalue weighted by Crippen LogP contribution is -2.41. The summed E-state index contributed by atoms with van der Waals surface area (Å²) in [5.41, 5.74) is -0.619. The van der Waals surface area contributed by atoms with E-state index in [-0.39, 0.29) is 30.1 Å². The van der Waals surface area contributed by atoms with Crippen LogP contribution in [0.5, 0.6) is 0 Å². The molecule has 1 aliphatic rings. The van der Waals surface area contributed by atoms with Gasteiger partial charge in [-0.1, -0.05) is 168 Å². The molecule has 1 saturated carbocycles. The van der Waals surface area contributed by atoms with Crippen LogP contribution in [0, 0.1) is 10.8 Å². The van der Waals surface area contributed by atoms with Gasteiger partial charge in [-0.3, -0.25) is 9.59 Å². The number of unbranched alkanes of at least 4 members (excludes halogenated alkanes) is 22. The molecule has 332 valence electrons. The Morgan fingerprint density at radius 1 is 0.589 bits per heavy atom. The minimum Gasteiger partial charge on any atom is -0.465 e. The number of hydrogen-bond donors (Lipinski definition) is 1. The standard InChI is InChI=1S/C50H97NO5/c1-6-9-12-15-18-25-32-45-55-47(53)49(4,5)37-28-21-23-30-41-51(43-34-44-52)42-31-24-22-29-38-50(39-33-40-50)48(54)56-46(35-26-19-16-13-10-7-2)36-27-20-17-14-11-8-3/h46,52H,6-45H2,1-5H3. The van der Waals surface area contributed by atoms with Crippen LogP contribution in [0.4, 0.5) is 0 Å². The lowest BCUT2D eigenvalue weighted by atomic mass is 9.66. The topological polar surface area (TPSA) is 76.1 Å². The molecule has 0 aliphatic heterocycles. The fraction of sp³-hybridized carbons (Fsp3) is 0.960. The average Bonchev–Trinajstić information content (AvgIpc) is 3.17. The molecule has 1 N–H and O–H groups in total. The normalized spacial score (nSPS) is 14.1. The minimum absolute atomic E-state index is 0.0345. The maximum absolute atomic E-state index is 13.7. The molecule has 56 heavy (non-hydrogen) atoms. The molecule has 6 nitrogen and oxygen atoms in total. The molecule has 0 aromatic carbocycles. The Hall–Kier alpha value is -1.14. The van der Waals surface area contributed by atoms with Crippen molar-refractivity contribution < 1.29 is 24.2 Å². The van der Waals surface area contributed by atoms with E-state index < -0.39 is 5.41 Å². The van der Waals surface area contributed by atoms with Gasteiger partial charge < -0.3 is 19.5 Å². The molecule has 0 radical (unpaired) electrons. The first-order valence-electron chi connectivity index (χ1n) is 25.0. The van der Waals surface area contributed by atoms with Crippen LogP contribution in [0.25, 0.3) is 0 Å². The Bertz CT molecular complexity index is 886. The predicted molar refractivity (Wildman–Crippen MR) is 239 cm³/mol. The van der Waals surface area contributed by atoms with Crippen LogP contribution in [0.1, 0.15) is 259 Å². The summed E-state index contributed by atoms with van der Waals surface area (Å²) in [6, 6.07) is 0. The van der Waals surface area contributed by atoms with Crippen LogP contribution in [0.3, 0.4) is 0 Å². The van der Waals surface area contributed by atoms with Crippen molar-refractivity contribution in [3.05, 3.63) is 0 Å². The van der Waals surface area contributed by atoms with E-state index in [1.165, 1.54) is 135 Å². The molecule has 1 fully saturated rings. The van der Waals surface area contributed by atoms with E-state index in [0.29, 0.717) is 6.61 Å². The summed E-state index contributed by atoms with van der Waals surface area (Å²) in [7, 11) is 0. The first kappa shape index (κ1) is 52.9. The van der Waals surface area contributed by atoms with Gasteiger partial charge in [0.2, 0.25) is 0 Å². The third-order valence-corrected chi connectivity index (χ3v) is 12.8. The number of carbonyl (C=O) groups is 2. The molecule has 0 unspecified atom stereocenters. The van der Waals surface area contributed by atoms with Crippen molar-refractivity contribution in [1.29, 1.82) is 0 Å². The molecule has 0 heterocycles. The SMILES string of the molecule is CCCCCCCCCOC(=O)C(C)(C)CCCCCCN(CCCO)CCCCCCC1(C(=O)OC(CCCCCCCC)CCCCCCCC)CCC1. The second kappa shape index (κ2) is 35.8. The summed E-state index contributed by atoms with van der Waals surface area (Å²) in [5, 5.41) is 9.51. The van der Waals surface area contributed by atoms with Gasteiger partial charge in [0.15, 0.2) is 0 Å². The second-order valence-corrected chi connectivity index (χ2v) is 18.7. The summed E-state index contributed by atoms with van der Waals surface area (Å²) in [6.45, 7) is 14.8. The summed E-state index contributed by atoms with van der Waals surface area (Å²) in [5.74, 6) is 0.0934. The molecule has 0 bridgehead atoms. The minimum atomic E-state index is -0.407. The number of ether oxygens (including phenoxy) is 2. The van der Waals surface area contributed by atoms with E-state index >= 15 is 0 Å². The average molecular weight is 792 g/mol. The maximum Gasteiger partial charge on any atom is 0.312 e. The molecular formula is C50H97NO5. The molecule has 0 aromatic rings. The van der Waals surface area contributed by atoms with Crippen LogP contribution in [-0.4, -0.2) is 60.9 Å². The monoisotopic (exact) mass is 792 g/mol. The van der Waals surface area contributed by atoms with Crippen molar-refractivity contribution >= 4 is 11.9 Å². The molecule has 0 spiro atoms. The van der Waals surface area contributed by atoms with Crippen LogP contribution < -0.4 is 0 Å². The number of rotatable bonds is 42. The van der Waals surface area contributed by atoms with Gasteiger partial charge in [-0.05, 0) is 104 Å². The van der Waals surface area contributed by atoms with Crippen molar-refractivity contribution in [3.8, 4) is 0 Å². The molecular weight excluding hydrogens is 695 g/mol. The second-order valence-electron chi connectivity index (χ2n) is 18.7. The highest BCUT2D eigenvalue weighted by atomic mass is 16.5. The number of hydrogen-bond acceptors (Lipinski definition) is 6. The molecule has 0 saturated heterocycles. The maximum atomic E-state index is 13.7. The van der Waals surface area contributed by atoms with Crippen LogP contribution in [0.15, 0.2) is 0 Å². The molecule has 1 rings (SSSR count). The largest absolute Gasteiger partial charge is 0.465 e. The Kier molecular flexibility index (Phi) is 33.8. The van der Waals surface area contributed by atoms with E-state index in [1.807, 2.05) is 13.8 Å². The van der Waals surface area contributed by atoms with Crippen LogP contribution in [0.2, 0.25) is 0 Å². The Morgan fingerprint density at radius 2 is 1.04 bits per heavy atom. The van der Waals surface area contributed by atoms with Crippen molar-refractivity contribution in [1.82, 2.24) is 4.90 Å².